The zero-order valence-electron chi connectivity index (χ0n) is 11.2. The lowest BCUT2D eigenvalue weighted by atomic mass is 10.2. The summed E-state index contributed by atoms with van der Waals surface area (Å²) in [7, 11) is 0. The van der Waals surface area contributed by atoms with Crippen LogP contribution in [-0.4, -0.2) is 11.1 Å². The number of hydrogen-bond acceptors (Lipinski definition) is 3. The number of nitrogens with zero attached hydrogens (tertiary/aromatic N) is 1. The van der Waals surface area contributed by atoms with Crippen molar-refractivity contribution in [2.45, 2.75) is 0 Å². The molecule has 0 aliphatic carbocycles. The number of aliphatic imine (C=N–C) groups is 1. The molecule has 0 bridgehead atoms. The Morgan fingerprint density at radius 1 is 1.14 bits per heavy atom. The number of nitrogens with one attached hydrogen (secondary N) is 1. The van der Waals surface area contributed by atoms with Crippen molar-refractivity contribution in [3.63, 3.8) is 0 Å². The number of thioether (sulfide) groups is 1. The van der Waals surface area contributed by atoms with Gasteiger partial charge in [-0.25, -0.2) is 4.99 Å². The summed E-state index contributed by atoms with van der Waals surface area (Å²) in [6.07, 6.45) is 1.89. The highest BCUT2D eigenvalue weighted by atomic mass is 127. The van der Waals surface area contributed by atoms with Crippen molar-refractivity contribution in [3.8, 4) is 0 Å². The highest BCUT2D eigenvalue weighted by molar-refractivity contribution is 14.1. The summed E-state index contributed by atoms with van der Waals surface area (Å²) in [5.74, 6) is -0.111. The molecule has 0 saturated carbocycles. The molecule has 1 saturated heterocycles. The quantitative estimate of drug-likeness (QED) is 0.484. The Labute approximate surface area is 154 Å². The van der Waals surface area contributed by atoms with Crippen molar-refractivity contribution in [3.05, 3.63) is 67.0 Å². The van der Waals surface area contributed by atoms with Gasteiger partial charge in [0.15, 0.2) is 5.17 Å². The molecule has 110 valence electrons. The number of halogens is 2. The van der Waals surface area contributed by atoms with Crippen LogP contribution in [0.2, 0.25) is 0 Å². The smallest absolute Gasteiger partial charge is 0.264 e. The van der Waals surface area contributed by atoms with Gasteiger partial charge in [0.25, 0.3) is 5.91 Å². The van der Waals surface area contributed by atoms with E-state index in [1.54, 1.807) is 0 Å². The second kappa shape index (κ2) is 6.97. The van der Waals surface area contributed by atoms with Gasteiger partial charge in [0.05, 0.1) is 10.6 Å². The van der Waals surface area contributed by atoms with Crippen molar-refractivity contribution in [1.29, 1.82) is 0 Å². The van der Waals surface area contributed by atoms with E-state index >= 15 is 0 Å². The van der Waals surface area contributed by atoms with Crippen LogP contribution in [0.4, 0.5) is 5.69 Å². The number of hydrogen-bond donors (Lipinski definition) is 1. The van der Waals surface area contributed by atoms with E-state index in [1.807, 2.05) is 54.6 Å². The van der Waals surface area contributed by atoms with Crippen molar-refractivity contribution in [2.75, 3.05) is 0 Å². The van der Waals surface area contributed by atoms with Crippen LogP contribution in [0.5, 0.6) is 0 Å². The third-order valence-electron chi connectivity index (χ3n) is 2.90. The predicted molar refractivity (Wildman–Crippen MR) is 104 cm³/mol. The van der Waals surface area contributed by atoms with Gasteiger partial charge in [-0.15, -0.1) is 0 Å². The van der Waals surface area contributed by atoms with E-state index in [1.165, 1.54) is 11.8 Å². The number of amides is 1. The Hall–Kier alpha value is -1.12. The number of carbonyl (C=O) groups is 1. The molecule has 0 unspecified atom stereocenters. The molecule has 1 aliphatic heterocycles. The topological polar surface area (TPSA) is 41.5 Å². The summed E-state index contributed by atoms with van der Waals surface area (Å²) in [5, 5.41) is 3.40. The van der Waals surface area contributed by atoms with E-state index in [0.29, 0.717) is 10.1 Å². The second-order valence-electron chi connectivity index (χ2n) is 4.48. The van der Waals surface area contributed by atoms with Crippen molar-refractivity contribution in [1.82, 2.24) is 5.32 Å². The van der Waals surface area contributed by atoms with Crippen molar-refractivity contribution >= 4 is 73.1 Å². The molecule has 1 N–H and O–H groups in total. The summed E-state index contributed by atoms with van der Waals surface area (Å²) in [6, 6.07) is 15.6. The van der Waals surface area contributed by atoms with Gasteiger partial charge in [0.2, 0.25) is 0 Å². The predicted octanol–water partition coefficient (Wildman–Crippen LogP) is 4.95. The average molecular weight is 485 g/mol. The molecule has 2 aromatic carbocycles. The number of carbonyl (C=O) groups excluding carboxylic acids is 1. The first-order valence-electron chi connectivity index (χ1n) is 6.41. The zero-order valence-corrected chi connectivity index (χ0v) is 15.8. The molecule has 1 heterocycles. The average Bonchev–Trinajstić information content (AvgIpc) is 2.84. The van der Waals surface area contributed by atoms with Crippen LogP contribution in [0, 0.1) is 3.57 Å². The van der Waals surface area contributed by atoms with Crippen LogP contribution in [0.15, 0.2) is 62.9 Å². The van der Waals surface area contributed by atoms with Gasteiger partial charge in [-0.1, -0.05) is 34.1 Å². The first kappa shape index (κ1) is 15.8. The second-order valence-corrected chi connectivity index (χ2v) is 7.59. The minimum atomic E-state index is -0.111. The summed E-state index contributed by atoms with van der Waals surface area (Å²) < 4.78 is 2.11. The highest BCUT2D eigenvalue weighted by Crippen LogP contribution is 2.29. The van der Waals surface area contributed by atoms with Crippen molar-refractivity contribution in [2.24, 2.45) is 4.99 Å². The van der Waals surface area contributed by atoms with Gasteiger partial charge < -0.3 is 5.32 Å². The lowest BCUT2D eigenvalue weighted by Gasteiger charge is -1.98. The maximum atomic E-state index is 12.1. The summed E-state index contributed by atoms with van der Waals surface area (Å²) in [4.78, 5) is 17.2. The SMILES string of the molecule is O=C1NC(=Nc2ccc(Br)cc2)S/C1=C\c1ccccc1I. The molecular weight excluding hydrogens is 475 g/mol. The number of rotatable bonds is 2. The van der Waals surface area contributed by atoms with Crippen molar-refractivity contribution < 1.29 is 4.79 Å². The van der Waals surface area contributed by atoms with Gasteiger partial charge >= 0.3 is 0 Å². The van der Waals surface area contributed by atoms with Gasteiger partial charge in [0, 0.05) is 8.04 Å². The lowest BCUT2D eigenvalue weighted by molar-refractivity contribution is -0.115. The molecule has 0 radical (unpaired) electrons. The molecule has 0 atom stereocenters. The summed E-state index contributed by atoms with van der Waals surface area (Å²) in [5.41, 5.74) is 1.84. The molecular formula is C16H10BrIN2OS. The fraction of sp³-hybridized carbons (Fsp3) is 0. The maximum Gasteiger partial charge on any atom is 0.264 e. The van der Waals surface area contributed by atoms with Gasteiger partial charge in [-0.05, 0) is 76.3 Å². The minimum Gasteiger partial charge on any atom is -0.300 e. The van der Waals surface area contributed by atoms with Gasteiger partial charge in [-0.2, -0.15) is 0 Å². The van der Waals surface area contributed by atoms with E-state index in [-0.39, 0.29) is 5.91 Å². The van der Waals surface area contributed by atoms with Crippen LogP contribution < -0.4 is 5.32 Å². The lowest BCUT2D eigenvalue weighted by Crippen LogP contribution is -2.19. The zero-order chi connectivity index (χ0) is 15.5. The Bertz CT molecular complexity index is 787. The van der Waals surface area contributed by atoms with Gasteiger partial charge in [0.1, 0.15) is 0 Å². The van der Waals surface area contributed by atoms with E-state index < -0.39 is 0 Å². The number of benzene rings is 2. The standard InChI is InChI=1S/C16H10BrIN2OS/c17-11-5-7-12(8-6-11)19-16-20-15(21)14(22-16)9-10-3-1-2-4-13(10)18/h1-9H,(H,19,20,21)/b14-9-. The van der Waals surface area contributed by atoms with Crippen LogP contribution in [0.1, 0.15) is 5.56 Å². The highest BCUT2D eigenvalue weighted by Gasteiger charge is 2.23. The molecule has 22 heavy (non-hydrogen) atoms. The van der Waals surface area contributed by atoms with E-state index in [4.69, 9.17) is 0 Å². The van der Waals surface area contributed by atoms with Crippen LogP contribution in [0.3, 0.4) is 0 Å². The molecule has 6 heteroatoms. The third kappa shape index (κ3) is 3.80. The Balaban J connectivity index is 1.84. The van der Waals surface area contributed by atoms with E-state index in [9.17, 15) is 4.79 Å². The van der Waals surface area contributed by atoms with Crippen LogP contribution in [0.25, 0.3) is 6.08 Å². The first-order chi connectivity index (χ1) is 10.6. The molecule has 1 amide bonds. The molecule has 1 fully saturated rings. The molecule has 0 aromatic heterocycles. The number of amidine groups is 1. The monoisotopic (exact) mass is 484 g/mol. The minimum absolute atomic E-state index is 0.111. The van der Waals surface area contributed by atoms with E-state index in [2.05, 4.69) is 48.8 Å². The molecule has 2 aromatic rings. The summed E-state index contributed by atoms with van der Waals surface area (Å²) in [6.45, 7) is 0. The van der Waals surface area contributed by atoms with Gasteiger partial charge in [-0.3, -0.25) is 4.79 Å². The Morgan fingerprint density at radius 2 is 1.86 bits per heavy atom. The largest absolute Gasteiger partial charge is 0.300 e. The first-order valence-corrected chi connectivity index (χ1v) is 9.10. The molecule has 3 rings (SSSR count). The normalized spacial score (nSPS) is 18.0. The summed E-state index contributed by atoms with van der Waals surface area (Å²) >= 11 is 7.01. The molecule has 1 aliphatic rings. The fourth-order valence-electron chi connectivity index (χ4n) is 1.85. The Morgan fingerprint density at radius 3 is 2.59 bits per heavy atom. The fourth-order valence-corrected chi connectivity index (χ4v) is 3.49. The van der Waals surface area contributed by atoms with Crippen LogP contribution in [-0.2, 0) is 4.79 Å². The van der Waals surface area contributed by atoms with E-state index in [0.717, 1.165) is 19.3 Å². The molecule has 0 spiro atoms. The maximum absolute atomic E-state index is 12.1. The molecule has 3 nitrogen and oxygen atoms in total. The third-order valence-corrected chi connectivity index (χ3v) is 5.32. The van der Waals surface area contributed by atoms with Crippen LogP contribution >= 0.6 is 50.3 Å². The Kier molecular flexibility index (Phi) is 5.00.